The van der Waals surface area contributed by atoms with Gasteiger partial charge < -0.3 is 10.6 Å². The summed E-state index contributed by atoms with van der Waals surface area (Å²) < 4.78 is 0. The van der Waals surface area contributed by atoms with Gasteiger partial charge in [-0.15, -0.1) is 0 Å². The fraction of sp³-hybridized carbons (Fsp3) is 0.467. The molecule has 0 aliphatic heterocycles. The van der Waals surface area contributed by atoms with Crippen LogP contribution >= 0.6 is 0 Å². The predicted octanol–water partition coefficient (Wildman–Crippen LogP) is 1.65. The van der Waals surface area contributed by atoms with Gasteiger partial charge in [0.1, 0.15) is 6.04 Å². The summed E-state index contributed by atoms with van der Waals surface area (Å²) in [5, 5.41) is 5.47. The van der Waals surface area contributed by atoms with E-state index in [1.54, 1.807) is 13.8 Å². The molecule has 4 heteroatoms. The van der Waals surface area contributed by atoms with E-state index in [1.807, 2.05) is 18.2 Å². The zero-order chi connectivity index (χ0) is 14.1. The van der Waals surface area contributed by atoms with Crippen molar-refractivity contribution >= 4 is 11.8 Å². The van der Waals surface area contributed by atoms with Crippen molar-refractivity contribution in [1.82, 2.24) is 10.6 Å². The fourth-order valence-electron chi connectivity index (χ4n) is 1.71. The Labute approximate surface area is 114 Å². The lowest BCUT2D eigenvalue weighted by atomic mass is 10.1. The fourth-order valence-corrected chi connectivity index (χ4v) is 1.71. The number of carbonyl (C=O) groups is 2. The molecule has 104 valence electrons. The lowest BCUT2D eigenvalue weighted by molar-refractivity contribution is -0.128. The number of hydrogen-bond acceptors (Lipinski definition) is 2. The third-order valence-electron chi connectivity index (χ3n) is 2.88. The number of amides is 2. The van der Waals surface area contributed by atoms with Gasteiger partial charge in [-0.2, -0.15) is 0 Å². The van der Waals surface area contributed by atoms with Crippen molar-refractivity contribution in [2.45, 2.75) is 39.2 Å². The van der Waals surface area contributed by atoms with Gasteiger partial charge in [-0.3, -0.25) is 9.59 Å². The summed E-state index contributed by atoms with van der Waals surface area (Å²) >= 11 is 0. The Morgan fingerprint density at radius 1 is 1.21 bits per heavy atom. The van der Waals surface area contributed by atoms with Gasteiger partial charge in [-0.25, -0.2) is 0 Å². The largest absolute Gasteiger partial charge is 0.354 e. The molecule has 1 atom stereocenters. The van der Waals surface area contributed by atoms with E-state index in [0.29, 0.717) is 13.0 Å². The average molecular weight is 262 g/mol. The monoisotopic (exact) mass is 262 g/mol. The van der Waals surface area contributed by atoms with E-state index in [0.717, 1.165) is 12.8 Å². The molecule has 4 nitrogen and oxygen atoms in total. The summed E-state index contributed by atoms with van der Waals surface area (Å²) in [6.07, 6.45) is 2.23. The van der Waals surface area contributed by atoms with E-state index in [9.17, 15) is 9.59 Å². The van der Waals surface area contributed by atoms with E-state index in [1.165, 1.54) is 5.56 Å². The molecule has 2 amide bonds. The normalized spacial score (nSPS) is 11.7. The Kier molecular flexibility index (Phi) is 6.64. The van der Waals surface area contributed by atoms with Crippen LogP contribution in [0.3, 0.4) is 0 Å². The molecule has 1 aromatic rings. The molecule has 2 N–H and O–H groups in total. The molecule has 1 rings (SSSR count). The van der Waals surface area contributed by atoms with Crippen LogP contribution in [0.4, 0.5) is 0 Å². The molecule has 0 spiro atoms. The van der Waals surface area contributed by atoms with E-state index in [4.69, 9.17) is 0 Å². The van der Waals surface area contributed by atoms with Gasteiger partial charge in [0.2, 0.25) is 11.8 Å². The maximum Gasteiger partial charge on any atom is 0.242 e. The van der Waals surface area contributed by atoms with Gasteiger partial charge in [-0.1, -0.05) is 37.3 Å². The topological polar surface area (TPSA) is 58.2 Å². The minimum Gasteiger partial charge on any atom is -0.354 e. The van der Waals surface area contributed by atoms with Crippen LogP contribution in [-0.2, 0) is 16.0 Å². The Morgan fingerprint density at radius 3 is 2.53 bits per heavy atom. The Hall–Kier alpha value is -1.84. The standard InChI is InChI=1S/C15H22N2O2/c1-3-14(18)17-12(2)15(19)16-11-7-10-13-8-5-4-6-9-13/h4-6,8-9,12H,3,7,10-11H2,1-2H3,(H,16,19)(H,17,18). The molecule has 1 unspecified atom stereocenters. The van der Waals surface area contributed by atoms with Gasteiger partial charge in [0.05, 0.1) is 0 Å². The summed E-state index contributed by atoms with van der Waals surface area (Å²) in [7, 11) is 0. The third-order valence-corrected chi connectivity index (χ3v) is 2.88. The maximum atomic E-state index is 11.7. The van der Waals surface area contributed by atoms with Crippen LogP contribution in [-0.4, -0.2) is 24.4 Å². The van der Waals surface area contributed by atoms with Crippen LogP contribution in [0.15, 0.2) is 30.3 Å². The zero-order valence-corrected chi connectivity index (χ0v) is 11.6. The summed E-state index contributed by atoms with van der Waals surface area (Å²) in [5.74, 6) is -0.234. The van der Waals surface area contributed by atoms with Gasteiger partial charge in [0.15, 0.2) is 0 Å². The second-order valence-electron chi connectivity index (χ2n) is 4.52. The van der Waals surface area contributed by atoms with Crippen molar-refractivity contribution in [3.8, 4) is 0 Å². The highest BCUT2D eigenvalue weighted by Gasteiger charge is 2.13. The number of aryl methyl sites for hydroxylation is 1. The summed E-state index contributed by atoms with van der Waals surface area (Å²) in [4.78, 5) is 22.8. The number of hydrogen-bond donors (Lipinski definition) is 2. The quantitative estimate of drug-likeness (QED) is 0.734. The van der Waals surface area contributed by atoms with Gasteiger partial charge >= 0.3 is 0 Å². The second-order valence-corrected chi connectivity index (χ2v) is 4.52. The minimum absolute atomic E-state index is 0.105. The van der Waals surface area contributed by atoms with Gasteiger partial charge in [0, 0.05) is 13.0 Å². The first-order valence-corrected chi connectivity index (χ1v) is 6.74. The number of nitrogens with one attached hydrogen (secondary N) is 2. The van der Waals surface area contributed by atoms with Crippen LogP contribution < -0.4 is 10.6 Å². The van der Waals surface area contributed by atoms with E-state index >= 15 is 0 Å². The van der Waals surface area contributed by atoms with Crippen LogP contribution in [0.25, 0.3) is 0 Å². The first-order chi connectivity index (χ1) is 9.13. The van der Waals surface area contributed by atoms with Crippen molar-refractivity contribution in [1.29, 1.82) is 0 Å². The first kappa shape index (κ1) is 15.2. The van der Waals surface area contributed by atoms with Crippen molar-refractivity contribution < 1.29 is 9.59 Å². The Bertz CT molecular complexity index is 404. The molecule has 0 saturated carbocycles. The van der Waals surface area contributed by atoms with E-state index in [2.05, 4.69) is 22.8 Å². The summed E-state index contributed by atoms with van der Waals surface area (Å²) in [6, 6.07) is 9.69. The summed E-state index contributed by atoms with van der Waals surface area (Å²) in [6.45, 7) is 4.08. The molecule has 0 aliphatic rings. The minimum atomic E-state index is -0.468. The zero-order valence-electron chi connectivity index (χ0n) is 11.6. The molecular weight excluding hydrogens is 240 g/mol. The molecule has 0 heterocycles. The van der Waals surface area contributed by atoms with Crippen molar-refractivity contribution in [2.24, 2.45) is 0 Å². The van der Waals surface area contributed by atoms with E-state index < -0.39 is 6.04 Å². The molecule has 0 radical (unpaired) electrons. The Balaban J connectivity index is 2.18. The molecule has 0 fully saturated rings. The van der Waals surface area contributed by atoms with Crippen LogP contribution in [0.5, 0.6) is 0 Å². The molecule has 19 heavy (non-hydrogen) atoms. The van der Waals surface area contributed by atoms with Gasteiger partial charge in [-0.05, 0) is 25.3 Å². The molecular formula is C15H22N2O2. The highest BCUT2D eigenvalue weighted by atomic mass is 16.2. The van der Waals surface area contributed by atoms with Crippen LogP contribution in [0.2, 0.25) is 0 Å². The molecule has 0 aromatic heterocycles. The molecule has 1 aromatic carbocycles. The number of carbonyl (C=O) groups excluding carboxylic acids is 2. The highest BCUT2D eigenvalue weighted by Crippen LogP contribution is 2.01. The summed E-state index contributed by atoms with van der Waals surface area (Å²) in [5.41, 5.74) is 1.27. The van der Waals surface area contributed by atoms with Crippen molar-refractivity contribution in [3.05, 3.63) is 35.9 Å². The lowest BCUT2D eigenvalue weighted by Gasteiger charge is -2.13. The average Bonchev–Trinajstić information content (AvgIpc) is 2.44. The second kappa shape index (κ2) is 8.29. The van der Waals surface area contributed by atoms with Crippen LogP contribution in [0.1, 0.15) is 32.3 Å². The first-order valence-electron chi connectivity index (χ1n) is 6.74. The Morgan fingerprint density at radius 2 is 1.89 bits per heavy atom. The molecule has 0 aliphatic carbocycles. The number of benzene rings is 1. The van der Waals surface area contributed by atoms with Crippen molar-refractivity contribution in [2.75, 3.05) is 6.54 Å². The number of rotatable bonds is 7. The van der Waals surface area contributed by atoms with E-state index in [-0.39, 0.29) is 11.8 Å². The van der Waals surface area contributed by atoms with Gasteiger partial charge in [0.25, 0.3) is 0 Å². The third kappa shape index (κ3) is 6.04. The smallest absolute Gasteiger partial charge is 0.242 e. The molecule has 0 saturated heterocycles. The lowest BCUT2D eigenvalue weighted by Crippen LogP contribution is -2.44. The van der Waals surface area contributed by atoms with Crippen LogP contribution in [0, 0.1) is 0 Å². The maximum absolute atomic E-state index is 11.7. The molecule has 0 bridgehead atoms. The highest BCUT2D eigenvalue weighted by molar-refractivity contribution is 5.87. The SMILES string of the molecule is CCC(=O)NC(C)C(=O)NCCCc1ccccc1. The predicted molar refractivity (Wildman–Crippen MR) is 75.7 cm³/mol. The van der Waals surface area contributed by atoms with Crippen molar-refractivity contribution in [3.63, 3.8) is 0 Å².